The fraction of sp³-hybridized carbons (Fsp3) is 0.222. The molecule has 0 atom stereocenters. The summed E-state index contributed by atoms with van der Waals surface area (Å²) in [5.41, 5.74) is 1.21. The number of hydrogen-bond acceptors (Lipinski definition) is 9. The van der Waals surface area contributed by atoms with E-state index in [0.717, 1.165) is 0 Å². The highest BCUT2D eigenvalue weighted by Gasteiger charge is 2.35. The highest BCUT2D eigenvalue weighted by Crippen LogP contribution is 2.50. The van der Waals surface area contributed by atoms with Crippen LogP contribution in [-0.4, -0.2) is 33.9 Å². The normalized spacial score (nSPS) is 11.9. The van der Waals surface area contributed by atoms with E-state index in [1.54, 1.807) is 38.1 Å². The summed E-state index contributed by atoms with van der Waals surface area (Å²) >= 11 is 0. The fourth-order valence-electron chi connectivity index (χ4n) is 4.17. The predicted octanol–water partition coefficient (Wildman–Crippen LogP) is 4.76. The van der Waals surface area contributed by atoms with Crippen LogP contribution in [0, 0.1) is 25.2 Å². The zero-order valence-electron chi connectivity index (χ0n) is 20.3. The topological polar surface area (TPSA) is 158 Å². The third-order valence-corrected chi connectivity index (χ3v) is 6.00. The summed E-state index contributed by atoms with van der Waals surface area (Å²) in [4.78, 5) is 25.3. The van der Waals surface area contributed by atoms with E-state index in [-0.39, 0.29) is 65.0 Å². The lowest BCUT2D eigenvalue weighted by atomic mass is 10.00. The van der Waals surface area contributed by atoms with Crippen LogP contribution in [0.3, 0.4) is 0 Å². The number of aryl methyl sites for hydroxylation is 1. The van der Waals surface area contributed by atoms with Crippen LogP contribution < -0.4 is 14.8 Å². The third kappa shape index (κ3) is 4.60. The third-order valence-electron chi connectivity index (χ3n) is 6.00. The zero-order valence-corrected chi connectivity index (χ0v) is 20.3. The number of esters is 1. The van der Waals surface area contributed by atoms with Gasteiger partial charge < -0.3 is 34.8 Å². The molecule has 3 aromatic carbocycles. The minimum atomic E-state index is -1.40. The second-order valence-electron chi connectivity index (χ2n) is 8.36. The Kier molecular flexibility index (Phi) is 6.91. The van der Waals surface area contributed by atoms with E-state index >= 15 is 0 Å². The molecular weight excluding hydrogens is 480 g/mol. The van der Waals surface area contributed by atoms with Crippen LogP contribution in [-0.2, 0) is 17.9 Å². The summed E-state index contributed by atoms with van der Waals surface area (Å²) in [7, 11) is 0. The number of phenolic OH excluding ortho intramolecular Hbond substituents is 1. The van der Waals surface area contributed by atoms with Gasteiger partial charge in [0.2, 0.25) is 0 Å². The molecule has 0 aromatic heterocycles. The Labute approximate surface area is 212 Å². The number of carboxylic acid groups (broad SMARTS) is 1. The smallest absolute Gasteiger partial charge is 0.347 e. The standard InChI is InChI=1S/C27H24N2O8/c1-4-35-12-18-22(31)21(26(32)33)14(3)23-25(18)37-27(34)20-13(2)8-19(30)17(24(20)36-23)11-29-16-7-5-6-15(9-16)10-28/h5-9,29-31H,4,11-12H2,1-3H3,(H,32,33). The average Bonchev–Trinajstić information content (AvgIpc) is 3.00. The van der Waals surface area contributed by atoms with Crippen molar-refractivity contribution in [2.45, 2.75) is 33.9 Å². The minimum Gasteiger partial charge on any atom is -0.507 e. The van der Waals surface area contributed by atoms with Gasteiger partial charge in [0.1, 0.15) is 22.6 Å². The number of phenols is 2. The van der Waals surface area contributed by atoms with Gasteiger partial charge in [-0.05, 0) is 50.6 Å². The molecule has 0 saturated carbocycles. The number of nitrogens with one attached hydrogen (secondary N) is 1. The summed E-state index contributed by atoms with van der Waals surface area (Å²) < 4.78 is 17.2. The van der Waals surface area contributed by atoms with Crippen molar-refractivity contribution in [1.29, 1.82) is 5.26 Å². The predicted molar refractivity (Wildman–Crippen MR) is 131 cm³/mol. The molecule has 1 heterocycles. The molecule has 0 fully saturated rings. The molecule has 10 nitrogen and oxygen atoms in total. The summed E-state index contributed by atoms with van der Waals surface area (Å²) in [5, 5.41) is 43.6. The average molecular weight is 504 g/mol. The van der Waals surface area contributed by atoms with Crippen molar-refractivity contribution in [2.75, 3.05) is 11.9 Å². The van der Waals surface area contributed by atoms with Gasteiger partial charge in [-0.2, -0.15) is 5.26 Å². The first-order chi connectivity index (χ1) is 17.7. The van der Waals surface area contributed by atoms with Crippen molar-refractivity contribution in [2.24, 2.45) is 0 Å². The number of nitrogens with zero attached hydrogens (tertiary/aromatic N) is 1. The van der Waals surface area contributed by atoms with Crippen molar-refractivity contribution >= 4 is 17.6 Å². The lowest BCUT2D eigenvalue weighted by Crippen LogP contribution is -2.13. The molecule has 4 rings (SSSR count). The zero-order chi connectivity index (χ0) is 26.9. The van der Waals surface area contributed by atoms with Crippen molar-refractivity contribution in [3.8, 4) is 34.8 Å². The molecule has 10 heteroatoms. The maximum Gasteiger partial charge on any atom is 0.347 e. The second kappa shape index (κ2) is 10.1. The van der Waals surface area contributed by atoms with Gasteiger partial charge in [0.05, 0.1) is 29.4 Å². The summed E-state index contributed by atoms with van der Waals surface area (Å²) in [6.07, 6.45) is 0. The first kappa shape index (κ1) is 25.3. The number of aromatic hydroxyl groups is 2. The Morgan fingerprint density at radius 3 is 2.54 bits per heavy atom. The lowest BCUT2D eigenvalue weighted by Gasteiger charge is -2.19. The van der Waals surface area contributed by atoms with Gasteiger partial charge in [-0.1, -0.05) is 6.07 Å². The number of benzene rings is 3. The fourth-order valence-corrected chi connectivity index (χ4v) is 4.17. The van der Waals surface area contributed by atoms with Crippen LogP contribution >= 0.6 is 0 Å². The van der Waals surface area contributed by atoms with Crippen molar-refractivity contribution in [1.82, 2.24) is 0 Å². The highest BCUT2D eigenvalue weighted by molar-refractivity contribution is 6.00. The van der Waals surface area contributed by atoms with Gasteiger partial charge in [-0.25, -0.2) is 9.59 Å². The molecule has 1 aliphatic rings. The van der Waals surface area contributed by atoms with Crippen LogP contribution in [0.5, 0.6) is 28.7 Å². The summed E-state index contributed by atoms with van der Waals surface area (Å²) in [6, 6.07) is 10.2. The van der Waals surface area contributed by atoms with Gasteiger partial charge in [0.25, 0.3) is 0 Å². The molecule has 4 N–H and O–H groups in total. The molecule has 0 radical (unpaired) electrons. The number of anilines is 1. The highest BCUT2D eigenvalue weighted by atomic mass is 16.6. The summed E-state index contributed by atoms with van der Waals surface area (Å²) in [6.45, 7) is 4.77. The van der Waals surface area contributed by atoms with Crippen molar-refractivity contribution in [3.63, 3.8) is 0 Å². The molecule has 1 aliphatic heterocycles. The molecule has 0 unspecified atom stereocenters. The number of carboxylic acids is 1. The number of fused-ring (bicyclic) bond motifs is 2. The van der Waals surface area contributed by atoms with Crippen molar-refractivity contribution < 1.29 is 39.1 Å². The van der Waals surface area contributed by atoms with Gasteiger partial charge >= 0.3 is 11.9 Å². The first-order valence-corrected chi connectivity index (χ1v) is 11.4. The summed E-state index contributed by atoms with van der Waals surface area (Å²) in [5.74, 6) is -3.22. The SMILES string of the molecule is CCOCc1c(O)c(C(=O)O)c(C)c2c1OC(=O)c1c(C)cc(O)c(CNc3cccc(C#N)c3)c1O2. The van der Waals surface area contributed by atoms with E-state index in [9.17, 15) is 24.9 Å². The Hall–Kier alpha value is -4.75. The largest absolute Gasteiger partial charge is 0.507 e. The Bertz CT molecular complexity index is 1470. The quantitative estimate of drug-likeness (QED) is 0.261. The van der Waals surface area contributed by atoms with Crippen LogP contribution in [0.4, 0.5) is 5.69 Å². The van der Waals surface area contributed by atoms with Crippen molar-refractivity contribution in [3.05, 3.63) is 69.3 Å². The maximum absolute atomic E-state index is 13.3. The van der Waals surface area contributed by atoms with Crippen LogP contribution in [0.2, 0.25) is 0 Å². The number of rotatable bonds is 7. The van der Waals surface area contributed by atoms with Crippen LogP contribution in [0.15, 0.2) is 30.3 Å². The van der Waals surface area contributed by atoms with Gasteiger partial charge in [0.15, 0.2) is 17.2 Å². The monoisotopic (exact) mass is 504 g/mol. The number of ether oxygens (including phenoxy) is 3. The number of hydrogen-bond donors (Lipinski definition) is 4. The Morgan fingerprint density at radius 1 is 1.11 bits per heavy atom. The lowest BCUT2D eigenvalue weighted by molar-refractivity contribution is 0.0691. The number of carbonyl (C=O) groups excluding carboxylic acids is 1. The van der Waals surface area contributed by atoms with E-state index in [1.165, 1.54) is 13.0 Å². The van der Waals surface area contributed by atoms with E-state index in [1.807, 2.05) is 0 Å². The van der Waals surface area contributed by atoms with E-state index in [0.29, 0.717) is 16.8 Å². The van der Waals surface area contributed by atoms with Crippen LogP contribution in [0.25, 0.3) is 0 Å². The van der Waals surface area contributed by atoms with Gasteiger partial charge in [0, 0.05) is 24.4 Å². The molecule has 0 saturated heterocycles. The number of carbonyl (C=O) groups is 2. The van der Waals surface area contributed by atoms with E-state index in [2.05, 4.69) is 11.4 Å². The van der Waals surface area contributed by atoms with Gasteiger partial charge in [-0.3, -0.25) is 0 Å². The minimum absolute atomic E-state index is 0.000658. The van der Waals surface area contributed by atoms with Crippen LogP contribution in [0.1, 0.15) is 55.5 Å². The molecule has 0 bridgehead atoms. The molecule has 190 valence electrons. The number of aromatic carboxylic acids is 1. The molecule has 3 aromatic rings. The van der Waals surface area contributed by atoms with E-state index < -0.39 is 23.3 Å². The Morgan fingerprint density at radius 2 is 1.86 bits per heavy atom. The maximum atomic E-state index is 13.3. The second-order valence-corrected chi connectivity index (χ2v) is 8.36. The Balaban J connectivity index is 1.89. The van der Waals surface area contributed by atoms with E-state index in [4.69, 9.17) is 19.5 Å². The molecular formula is C27H24N2O8. The molecule has 37 heavy (non-hydrogen) atoms. The first-order valence-electron chi connectivity index (χ1n) is 11.4. The molecule has 0 amide bonds. The number of nitriles is 1. The molecule has 0 aliphatic carbocycles. The molecule has 0 spiro atoms. The van der Waals surface area contributed by atoms with Gasteiger partial charge in [-0.15, -0.1) is 0 Å².